The molecule has 6 rings (SSSR count). The fourth-order valence-corrected chi connectivity index (χ4v) is 4.55. The van der Waals surface area contributed by atoms with Crippen LogP contribution in [0.2, 0.25) is 0 Å². The van der Waals surface area contributed by atoms with Crippen molar-refractivity contribution in [2.24, 2.45) is 0 Å². The molecular formula is C27H24O3. The molecule has 0 amide bonds. The van der Waals surface area contributed by atoms with Gasteiger partial charge in [-0.05, 0) is 76.6 Å². The second kappa shape index (κ2) is 7.85. The molecule has 0 aliphatic heterocycles. The van der Waals surface area contributed by atoms with E-state index in [1.165, 1.54) is 47.2 Å². The van der Waals surface area contributed by atoms with Crippen LogP contribution in [0, 0.1) is 0 Å². The van der Waals surface area contributed by atoms with Gasteiger partial charge in [-0.3, -0.25) is 0 Å². The van der Waals surface area contributed by atoms with E-state index in [1.807, 2.05) is 0 Å². The highest BCUT2D eigenvalue weighted by Crippen LogP contribution is 2.33. The SMILES string of the molecule is OCc1occ2ccc(O)cc12.c1ccc2c(c1)ccc1c3c(ccc12)CCCC3. The Morgan fingerprint density at radius 1 is 0.733 bits per heavy atom. The largest absolute Gasteiger partial charge is 0.508 e. The van der Waals surface area contributed by atoms with Crippen molar-refractivity contribution in [2.75, 3.05) is 0 Å². The molecule has 2 N–H and O–H groups in total. The molecule has 1 aliphatic carbocycles. The van der Waals surface area contributed by atoms with E-state index in [2.05, 4.69) is 48.5 Å². The molecule has 5 aromatic rings. The Morgan fingerprint density at radius 2 is 1.53 bits per heavy atom. The van der Waals surface area contributed by atoms with Crippen molar-refractivity contribution in [2.45, 2.75) is 32.3 Å². The highest BCUT2D eigenvalue weighted by Gasteiger charge is 2.13. The smallest absolute Gasteiger partial charge is 0.137 e. The zero-order valence-corrected chi connectivity index (χ0v) is 16.8. The van der Waals surface area contributed by atoms with Gasteiger partial charge in [0, 0.05) is 10.8 Å². The van der Waals surface area contributed by atoms with Crippen molar-refractivity contribution in [1.29, 1.82) is 0 Å². The quantitative estimate of drug-likeness (QED) is 0.318. The first kappa shape index (κ1) is 18.7. The van der Waals surface area contributed by atoms with Gasteiger partial charge < -0.3 is 14.6 Å². The minimum Gasteiger partial charge on any atom is -0.508 e. The number of phenols is 1. The molecule has 1 heterocycles. The Bertz CT molecular complexity index is 1350. The lowest BCUT2D eigenvalue weighted by atomic mass is 9.86. The van der Waals surface area contributed by atoms with Crippen LogP contribution < -0.4 is 0 Å². The van der Waals surface area contributed by atoms with Crippen molar-refractivity contribution >= 4 is 32.3 Å². The van der Waals surface area contributed by atoms with Gasteiger partial charge in [0.25, 0.3) is 0 Å². The van der Waals surface area contributed by atoms with E-state index in [0.29, 0.717) is 5.76 Å². The Hall–Kier alpha value is -3.30. The molecule has 3 heteroatoms. The summed E-state index contributed by atoms with van der Waals surface area (Å²) in [5.41, 5.74) is 3.17. The maximum absolute atomic E-state index is 9.15. The molecular weight excluding hydrogens is 372 g/mol. The van der Waals surface area contributed by atoms with Crippen LogP contribution in [0.3, 0.4) is 0 Å². The number of hydrogen-bond acceptors (Lipinski definition) is 3. The van der Waals surface area contributed by atoms with Crippen LogP contribution in [0.5, 0.6) is 5.75 Å². The zero-order chi connectivity index (χ0) is 20.5. The Balaban J connectivity index is 0.000000140. The van der Waals surface area contributed by atoms with Gasteiger partial charge in [0.2, 0.25) is 0 Å². The molecule has 1 aromatic heterocycles. The number of aliphatic hydroxyl groups excluding tert-OH is 1. The summed E-state index contributed by atoms with van der Waals surface area (Å²) in [5, 5.41) is 25.3. The minimum atomic E-state index is -0.146. The summed E-state index contributed by atoms with van der Waals surface area (Å²) in [6.07, 6.45) is 6.77. The summed E-state index contributed by atoms with van der Waals surface area (Å²) < 4.78 is 5.06. The summed E-state index contributed by atoms with van der Waals surface area (Å²) in [6, 6.07) is 22.9. The number of rotatable bonds is 1. The standard InChI is InChI=1S/C18H16.C9H8O3/c1-3-7-15-13(5-1)9-11-18-16-8-4-2-6-14(16)10-12-17(15)18;10-4-9-8-3-7(11)2-1-6(8)5-12-9/h1,3,5,7,9-12H,2,4,6,8H2;1-3,5,10-11H,4H2. The molecule has 0 saturated heterocycles. The van der Waals surface area contributed by atoms with Crippen LogP contribution in [0.15, 0.2) is 77.4 Å². The first-order valence-electron chi connectivity index (χ1n) is 10.5. The van der Waals surface area contributed by atoms with Crippen molar-refractivity contribution < 1.29 is 14.6 Å². The van der Waals surface area contributed by atoms with E-state index < -0.39 is 0 Å². The number of phenolic OH excluding ortho intramolecular Hbond substituents is 1. The van der Waals surface area contributed by atoms with E-state index in [-0.39, 0.29) is 12.4 Å². The average molecular weight is 396 g/mol. The van der Waals surface area contributed by atoms with Gasteiger partial charge in [0.1, 0.15) is 18.1 Å². The molecule has 0 bridgehead atoms. The summed E-state index contributed by atoms with van der Waals surface area (Å²) in [5.74, 6) is 0.666. The van der Waals surface area contributed by atoms with Crippen molar-refractivity contribution in [3.05, 3.63) is 89.9 Å². The van der Waals surface area contributed by atoms with Gasteiger partial charge in [0.15, 0.2) is 0 Å². The van der Waals surface area contributed by atoms with E-state index >= 15 is 0 Å². The van der Waals surface area contributed by atoms with Crippen molar-refractivity contribution in [1.82, 2.24) is 0 Å². The van der Waals surface area contributed by atoms with Crippen LogP contribution in [0.4, 0.5) is 0 Å². The van der Waals surface area contributed by atoms with Gasteiger partial charge in [0.05, 0.1) is 6.26 Å². The molecule has 0 radical (unpaired) electrons. The summed E-state index contributed by atoms with van der Waals surface area (Å²) >= 11 is 0. The Kier molecular flexibility index (Phi) is 4.89. The van der Waals surface area contributed by atoms with E-state index in [0.717, 1.165) is 10.8 Å². The van der Waals surface area contributed by atoms with Gasteiger partial charge in [-0.1, -0.05) is 48.5 Å². The van der Waals surface area contributed by atoms with Crippen molar-refractivity contribution in [3.8, 4) is 5.75 Å². The summed E-state index contributed by atoms with van der Waals surface area (Å²) in [7, 11) is 0. The molecule has 30 heavy (non-hydrogen) atoms. The fraction of sp³-hybridized carbons (Fsp3) is 0.185. The fourth-order valence-electron chi connectivity index (χ4n) is 4.55. The number of benzene rings is 4. The minimum absolute atomic E-state index is 0.146. The van der Waals surface area contributed by atoms with Crippen LogP contribution >= 0.6 is 0 Å². The summed E-state index contributed by atoms with van der Waals surface area (Å²) in [4.78, 5) is 0. The highest BCUT2D eigenvalue weighted by molar-refractivity contribution is 6.08. The molecule has 4 aromatic carbocycles. The highest BCUT2D eigenvalue weighted by atomic mass is 16.4. The van der Waals surface area contributed by atoms with E-state index in [4.69, 9.17) is 14.6 Å². The number of aliphatic hydroxyl groups is 1. The second-order valence-corrected chi connectivity index (χ2v) is 7.88. The molecule has 0 unspecified atom stereocenters. The molecule has 3 nitrogen and oxygen atoms in total. The van der Waals surface area contributed by atoms with Gasteiger partial charge in [-0.2, -0.15) is 0 Å². The number of hydrogen-bond donors (Lipinski definition) is 2. The van der Waals surface area contributed by atoms with E-state index in [9.17, 15) is 0 Å². The van der Waals surface area contributed by atoms with Crippen LogP contribution in [0.25, 0.3) is 32.3 Å². The van der Waals surface area contributed by atoms with Gasteiger partial charge in [-0.25, -0.2) is 0 Å². The maximum Gasteiger partial charge on any atom is 0.137 e. The molecule has 0 spiro atoms. The molecule has 0 saturated carbocycles. The third-order valence-electron chi connectivity index (χ3n) is 6.07. The lowest BCUT2D eigenvalue weighted by Crippen LogP contribution is -2.02. The monoisotopic (exact) mass is 396 g/mol. The lowest BCUT2D eigenvalue weighted by Gasteiger charge is -2.18. The van der Waals surface area contributed by atoms with E-state index in [1.54, 1.807) is 35.6 Å². The van der Waals surface area contributed by atoms with Crippen LogP contribution in [-0.2, 0) is 19.4 Å². The molecule has 150 valence electrons. The molecule has 0 fully saturated rings. The molecule has 0 atom stereocenters. The zero-order valence-electron chi connectivity index (χ0n) is 16.8. The predicted octanol–water partition coefficient (Wildman–Crippen LogP) is 6.50. The first-order valence-corrected chi connectivity index (χ1v) is 10.5. The van der Waals surface area contributed by atoms with Gasteiger partial charge in [-0.15, -0.1) is 0 Å². The second-order valence-electron chi connectivity index (χ2n) is 7.88. The third kappa shape index (κ3) is 3.31. The number of furan rings is 1. The Labute approximate surface area is 175 Å². The van der Waals surface area contributed by atoms with Crippen molar-refractivity contribution in [3.63, 3.8) is 0 Å². The Morgan fingerprint density at radius 3 is 2.43 bits per heavy atom. The number of fused-ring (bicyclic) bond motifs is 6. The topological polar surface area (TPSA) is 53.6 Å². The maximum atomic E-state index is 9.15. The lowest BCUT2D eigenvalue weighted by molar-refractivity contribution is 0.249. The average Bonchev–Trinajstić information content (AvgIpc) is 3.21. The molecule has 1 aliphatic rings. The number of aryl methyl sites for hydroxylation is 2. The first-order chi connectivity index (χ1) is 14.7. The van der Waals surface area contributed by atoms with Crippen LogP contribution in [0.1, 0.15) is 29.7 Å². The van der Waals surface area contributed by atoms with Crippen LogP contribution in [-0.4, -0.2) is 10.2 Å². The normalized spacial score (nSPS) is 13.2. The predicted molar refractivity (Wildman–Crippen MR) is 122 cm³/mol. The number of aromatic hydroxyl groups is 1. The third-order valence-corrected chi connectivity index (χ3v) is 6.07. The van der Waals surface area contributed by atoms with Gasteiger partial charge >= 0.3 is 0 Å². The summed E-state index contributed by atoms with van der Waals surface area (Å²) in [6.45, 7) is -0.146.